The van der Waals surface area contributed by atoms with E-state index >= 15 is 0 Å². The third-order valence-corrected chi connectivity index (χ3v) is 7.15. The highest BCUT2D eigenvalue weighted by Gasteiger charge is 2.66. The van der Waals surface area contributed by atoms with Crippen molar-refractivity contribution in [3.63, 3.8) is 0 Å². The second-order valence-corrected chi connectivity index (χ2v) is 8.86. The smallest absolute Gasteiger partial charge is 0.191 e. The maximum Gasteiger partial charge on any atom is 0.191 e. The molecule has 2 N–H and O–H groups in total. The summed E-state index contributed by atoms with van der Waals surface area (Å²) in [5, 5.41) is 7.13. The van der Waals surface area contributed by atoms with Crippen molar-refractivity contribution in [2.45, 2.75) is 57.1 Å². The summed E-state index contributed by atoms with van der Waals surface area (Å²) in [7, 11) is 0. The molecule has 3 unspecified atom stereocenters. The summed E-state index contributed by atoms with van der Waals surface area (Å²) in [5.74, 6) is 2.12. The minimum atomic E-state index is -0.175. The molecule has 1 aromatic rings. The first-order valence-corrected chi connectivity index (χ1v) is 11.5. The molecule has 1 saturated heterocycles. The van der Waals surface area contributed by atoms with Crippen molar-refractivity contribution < 1.29 is 9.13 Å². The third kappa shape index (κ3) is 3.46. The van der Waals surface area contributed by atoms with Crippen LogP contribution in [-0.2, 0) is 17.0 Å². The van der Waals surface area contributed by atoms with Gasteiger partial charge in [-0.2, -0.15) is 11.8 Å². The Hall–Kier alpha value is -1.27. The Morgan fingerprint density at radius 2 is 2.22 bits per heavy atom. The van der Waals surface area contributed by atoms with Crippen LogP contribution in [0.5, 0.6) is 0 Å². The van der Waals surface area contributed by atoms with Crippen molar-refractivity contribution in [2.24, 2.45) is 16.3 Å². The van der Waals surface area contributed by atoms with E-state index in [1.54, 1.807) is 17.8 Å². The molecule has 2 aliphatic carbocycles. The number of hydrogen-bond donors (Lipinski definition) is 2. The van der Waals surface area contributed by atoms with Crippen LogP contribution in [0.2, 0.25) is 0 Å². The first kappa shape index (κ1) is 19.1. The number of rotatable bonds is 6. The van der Waals surface area contributed by atoms with E-state index in [9.17, 15) is 4.39 Å². The Kier molecular flexibility index (Phi) is 5.65. The quantitative estimate of drug-likeness (QED) is 0.573. The van der Waals surface area contributed by atoms with Crippen LogP contribution in [0.1, 0.15) is 43.7 Å². The Labute approximate surface area is 165 Å². The monoisotopic (exact) mass is 391 g/mol. The SMILES string of the molecule is CCNC(=NCc1ccc(F)cc1CSC)NC1C2CCOC2C12CCC2. The summed E-state index contributed by atoms with van der Waals surface area (Å²) in [6.07, 6.45) is 7.49. The van der Waals surface area contributed by atoms with Gasteiger partial charge in [0.15, 0.2) is 5.96 Å². The Bertz CT molecular complexity index is 707. The minimum absolute atomic E-state index is 0.175. The molecule has 1 heterocycles. The number of thioether (sulfide) groups is 1. The van der Waals surface area contributed by atoms with Gasteiger partial charge in [-0.05, 0) is 55.7 Å². The van der Waals surface area contributed by atoms with Gasteiger partial charge in [0.05, 0.1) is 12.6 Å². The first-order valence-electron chi connectivity index (χ1n) is 10.1. The molecule has 0 bridgehead atoms. The average molecular weight is 392 g/mol. The lowest BCUT2D eigenvalue weighted by atomic mass is 9.46. The number of nitrogens with zero attached hydrogens (tertiary/aromatic N) is 1. The van der Waals surface area contributed by atoms with E-state index < -0.39 is 0 Å². The number of halogens is 1. The van der Waals surface area contributed by atoms with Crippen LogP contribution in [0.3, 0.4) is 0 Å². The molecule has 2 saturated carbocycles. The Morgan fingerprint density at radius 3 is 2.93 bits per heavy atom. The van der Waals surface area contributed by atoms with Crippen LogP contribution in [0.25, 0.3) is 0 Å². The van der Waals surface area contributed by atoms with Gasteiger partial charge in [0.1, 0.15) is 5.82 Å². The zero-order valence-corrected chi connectivity index (χ0v) is 17.1. The molecule has 3 fully saturated rings. The minimum Gasteiger partial charge on any atom is -0.377 e. The summed E-state index contributed by atoms with van der Waals surface area (Å²) in [6.45, 7) is 4.39. The van der Waals surface area contributed by atoms with Crippen LogP contribution in [0.4, 0.5) is 4.39 Å². The van der Waals surface area contributed by atoms with E-state index in [4.69, 9.17) is 9.73 Å². The van der Waals surface area contributed by atoms with Crippen LogP contribution < -0.4 is 10.6 Å². The lowest BCUT2D eigenvalue weighted by Crippen LogP contribution is -2.72. The highest BCUT2D eigenvalue weighted by molar-refractivity contribution is 7.97. The molecule has 0 aromatic heterocycles. The van der Waals surface area contributed by atoms with Crippen molar-refractivity contribution in [2.75, 3.05) is 19.4 Å². The van der Waals surface area contributed by atoms with Gasteiger partial charge < -0.3 is 15.4 Å². The number of benzene rings is 1. The zero-order valence-electron chi connectivity index (χ0n) is 16.3. The number of hydrogen-bond acceptors (Lipinski definition) is 3. The Balaban J connectivity index is 1.48. The van der Waals surface area contributed by atoms with Crippen LogP contribution >= 0.6 is 11.8 Å². The molecule has 0 amide bonds. The van der Waals surface area contributed by atoms with Crippen LogP contribution in [0, 0.1) is 17.2 Å². The van der Waals surface area contributed by atoms with Gasteiger partial charge in [-0.3, -0.25) is 0 Å². The molecule has 1 spiro atoms. The van der Waals surface area contributed by atoms with E-state index in [0.29, 0.717) is 30.0 Å². The summed E-state index contributed by atoms with van der Waals surface area (Å²) in [4.78, 5) is 4.84. The number of ether oxygens (including phenoxy) is 1. The van der Waals surface area contributed by atoms with Crippen molar-refractivity contribution in [3.8, 4) is 0 Å². The van der Waals surface area contributed by atoms with Gasteiger partial charge in [0, 0.05) is 36.3 Å². The summed E-state index contributed by atoms with van der Waals surface area (Å²) >= 11 is 1.71. The second kappa shape index (κ2) is 8.00. The third-order valence-electron chi connectivity index (χ3n) is 6.55. The van der Waals surface area contributed by atoms with Gasteiger partial charge in [-0.25, -0.2) is 9.38 Å². The molecule has 4 rings (SSSR count). The first-order chi connectivity index (χ1) is 13.2. The van der Waals surface area contributed by atoms with Gasteiger partial charge in [-0.15, -0.1) is 0 Å². The maximum absolute atomic E-state index is 13.6. The average Bonchev–Trinajstić information content (AvgIpc) is 3.02. The van der Waals surface area contributed by atoms with Gasteiger partial charge >= 0.3 is 0 Å². The number of guanidine groups is 1. The predicted molar refractivity (Wildman–Crippen MR) is 109 cm³/mol. The molecule has 1 aliphatic heterocycles. The maximum atomic E-state index is 13.6. The fourth-order valence-corrected chi connectivity index (χ4v) is 5.71. The largest absolute Gasteiger partial charge is 0.377 e. The molecule has 3 aliphatic rings. The van der Waals surface area contributed by atoms with E-state index in [0.717, 1.165) is 42.4 Å². The molecule has 27 heavy (non-hydrogen) atoms. The molecule has 1 aromatic carbocycles. The lowest BCUT2D eigenvalue weighted by Gasteiger charge is -2.63. The molecule has 148 valence electrons. The van der Waals surface area contributed by atoms with Gasteiger partial charge in [0.2, 0.25) is 0 Å². The lowest BCUT2D eigenvalue weighted by molar-refractivity contribution is -0.171. The normalized spacial score (nSPS) is 28.4. The van der Waals surface area contributed by atoms with Crippen LogP contribution in [-0.4, -0.2) is 37.5 Å². The summed E-state index contributed by atoms with van der Waals surface area (Å²) in [6, 6.07) is 5.50. The fourth-order valence-electron chi connectivity index (χ4n) is 5.13. The van der Waals surface area contributed by atoms with E-state index in [1.807, 2.05) is 12.3 Å². The second-order valence-electron chi connectivity index (χ2n) is 7.99. The highest BCUT2D eigenvalue weighted by Crippen LogP contribution is 2.62. The van der Waals surface area contributed by atoms with E-state index in [2.05, 4.69) is 17.6 Å². The number of aliphatic imine (C=N–C) groups is 1. The summed E-state index contributed by atoms with van der Waals surface area (Å²) in [5.41, 5.74) is 2.46. The number of fused-ring (bicyclic) bond motifs is 2. The fraction of sp³-hybridized carbons (Fsp3) is 0.667. The molecule has 0 radical (unpaired) electrons. The zero-order chi connectivity index (χ0) is 18.9. The van der Waals surface area contributed by atoms with E-state index in [1.165, 1.54) is 25.3 Å². The van der Waals surface area contributed by atoms with Crippen LogP contribution in [0.15, 0.2) is 23.2 Å². The van der Waals surface area contributed by atoms with Crippen molar-refractivity contribution in [1.82, 2.24) is 10.6 Å². The van der Waals surface area contributed by atoms with Crippen molar-refractivity contribution in [1.29, 1.82) is 0 Å². The summed E-state index contributed by atoms with van der Waals surface area (Å²) < 4.78 is 19.6. The molecular weight excluding hydrogens is 361 g/mol. The van der Waals surface area contributed by atoms with Crippen molar-refractivity contribution >= 4 is 17.7 Å². The topological polar surface area (TPSA) is 45.7 Å². The van der Waals surface area contributed by atoms with E-state index in [-0.39, 0.29) is 5.82 Å². The standard InChI is InChI=1S/C21H30FN3OS/c1-3-23-20(24-12-14-5-6-16(22)11-15(14)13-27-2)25-18-17-7-10-26-19(17)21(18)8-4-9-21/h5-6,11,17-19H,3-4,7-10,12-13H2,1-2H3,(H2,23,24,25). The van der Waals surface area contributed by atoms with Gasteiger partial charge in [0.25, 0.3) is 0 Å². The highest BCUT2D eigenvalue weighted by atomic mass is 32.2. The molecular formula is C21H30FN3OS. The van der Waals surface area contributed by atoms with Crippen molar-refractivity contribution in [3.05, 3.63) is 35.1 Å². The van der Waals surface area contributed by atoms with Gasteiger partial charge in [-0.1, -0.05) is 12.5 Å². The molecule has 3 atom stereocenters. The molecule has 6 heteroatoms. The molecule has 4 nitrogen and oxygen atoms in total. The predicted octanol–water partition coefficient (Wildman–Crippen LogP) is 3.70. The number of nitrogens with one attached hydrogen (secondary N) is 2. The Morgan fingerprint density at radius 1 is 1.37 bits per heavy atom.